The van der Waals surface area contributed by atoms with Crippen LogP contribution >= 0.6 is 11.6 Å². The van der Waals surface area contributed by atoms with E-state index in [-0.39, 0.29) is 42.2 Å². The summed E-state index contributed by atoms with van der Waals surface area (Å²) in [5.41, 5.74) is 1.08. The fraction of sp³-hybridized carbons (Fsp3) is 0.444. The van der Waals surface area contributed by atoms with Crippen LogP contribution in [0.5, 0.6) is 0 Å². The van der Waals surface area contributed by atoms with Gasteiger partial charge in [-0.25, -0.2) is 8.42 Å². The van der Waals surface area contributed by atoms with Gasteiger partial charge in [0.05, 0.1) is 5.92 Å². The highest BCUT2D eigenvalue weighted by Crippen LogP contribution is 2.28. The van der Waals surface area contributed by atoms with Gasteiger partial charge in [0.25, 0.3) is 0 Å². The normalized spacial score (nSPS) is 16.4. The summed E-state index contributed by atoms with van der Waals surface area (Å²) in [6, 6.07) is 7.17. The number of nitrogens with zero attached hydrogens (tertiary/aromatic N) is 2. The number of esters is 1. The van der Waals surface area contributed by atoms with Gasteiger partial charge in [-0.15, -0.1) is 0 Å². The third kappa shape index (κ3) is 4.17. The van der Waals surface area contributed by atoms with Gasteiger partial charge >= 0.3 is 5.97 Å². The zero-order valence-electron chi connectivity index (χ0n) is 15.1. The quantitative estimate of drug-likeness (QED) is 0.701. The van der Waals surface area contributed by atoms with Crippen LogP contribution in [0.2, 0.25) is 5.02 Å². The number of sulfonamides is 1. The molecule has 2 heterocycles. The second kappa shape index (κ2) is 8.00. The minimum atomic E-state index is -3.68. The monoisotopic (exact) mass is 412 g/mol. The first-order valence-corrected chi connectivity index (χ1v) is 10.5. The number of aromatic nitrogens is 1. The number of rotatable bonds is 5. The zero-order chi connectivity index (χ0) is 19.6. The van der Waals surface area contributed by atoms with Crippen molar-refractivity contribution in [3.63, 3.8) is 0 Å². The van der Waals surface area contributed by atoms with Crippen molar-refractivity contribution in [3.8, 4) is 0 Å². The Morgan fingerprint density at radius 3 is 2.56 bits per heavy atom. The molecule has 1 aliphatic rings. The number of piperidine rings is 1. The number of aryl methyl sites for hydroxylation is 2. The van der Waals surface area contributed by atoms with Gasteiger partial charge in [0, 0.05) is 23.7 Å². The average Bonchev–Trinajstić information content (AvgIpc) is 3.00. The second-order valence-electron chi connectivity index (χ2n) is 6.53. The third-order valence-corrected chi connectivity index (χ3v) is 7.19. The van der Waals surface area contributed by atoms with Crippen molar-refractivity contribution in [1.29, 1.82) is 0 Å². The predicted octanol–water partition coefficient (Wildman–Crippen LogP) is 3.09. The molecular weight excluding hydrogens is 392 g/mol. The average molecular weight is 413 g/mol. The van der Waals surface area contributed by atoms with Gasteiger partial charge in [0.2, 0.25) is 10.0 Å². The summed E-state index contributed by atoms with van der Waals surface area (Å²) >= 11 is 6.06. The van der Waals surface area contributed by atoms with Gasteiger partial charge in [-0.1, -0.05) is 35.0 Å². The Morgan fingerprint density at radius 1 is 1.30 bits per heavy atom. The number of halogens is 1. The van der Waals surface area contributed by atoms with Crippen LogP contribution in [-0.2, 0) is 26.2 Å². The molecule has 0 saturated carbocycles. The molecule has 0 atom stereocenters. The molecule has 2 aromatic rings. The minimum Gasteiger partial charge on any atom is -0.461 e. The lowest BCUT2D eigenvalue weighted by molar-refractivity contribution is -0.151. The first-order valence-electron chi connectivity index (χ1n) is 8.63. The first-order chi connectivity index (χ1) is 12.8. The van der Waals surface area contributed by atoms with E-state index in [1.165, 1.54) is 4.31 Å². The molecule has 3 rings (SSSR count). The molecule has 1 fully saturated rings. The van der Waals surface area contributed by atoms with Crippen molar-refractivity contribution in [3.05, 3.63) is 46.3 Å². The standard InChI is InChI=1S/C18H21ClN2O5S/c1-12-17(13(2)26-20-12)27(23,24)21-9-7-14(8-10-21)18(22)25-11-15-5-3-4-6-16(15)19/h3-6,14H,7-11H2,1-2H3. The lowest BCUT2D eigenvalue weighted by atomic mass is 9.98. The first kappa shape index (κ1) is 19.9. The highest BCUT2D eigenvalue weighted by molar-refractivity contribution is 7.89. The largest absolute Gasteiger partial charge is 0.461 e. The topological polar surface area (TPSA) is 89.7 Å². The van der Waals surface area contributed by atoms with E-state index >= 15 is 0 Å². The number of benzene rings is 1. The lowest BCUT2D eigenvalue weighted by Gasteiger charge is -2.30. The SMILES string of the molecule is Cc1noc(C)c1S(=O)(=O)N1CCC(C(=O)OCc2ccccc2Cl)CC1. The third-order valence-electron chi connectivity index (χ3n) is 4.68. The van der Waals surface area contributed by atoms with Gasteiger partial charge in [0.1, 0.15) is 17.2 Å². The van der Waals surface area contributed by atoms with E-state index in [1.54, 1.807) is 26.0 Å². The molecule has 9 heteroatoms. The van der Waals surface area contributed by atoms with Crippen LogP contribution < -0.4 is 0 Å². The molecule has 1 aromatic carbocycles. The summed E-state index contributed by atoms with van der Waals surface area (Å²) in [6.07, 6.45) is 0.813. The molecular formula is C18H21ClN2O5S. The summed E-state index contributed by atoms with van der Waals surface area (Å²) < 4.78 is 37.3. The van der Waals surface area contributed by atoms with Crippen LogP contribution in [0.25, 0.3) is 0 Å². The van der Waals surface area contributed by atoms with E-state index in [0.717, 1.165) is 5.56 Å². The van der Waals surface area contributed by atoms with Crippen molar-refractivity contribution < 1.29 is 22.5 Å². The van der Waals surface area contributed by atoms with Crippen molar-refractivity contribution in [2.75, 3.05) is 13.1 Å². The Kier molecular flexibility index (Phi) is 5.88. The summed E-state index contributed by atoms with van der Waals surface area (Å²) in [5, 5.41) is 4.26. The van der Waals surface area contributed by atoms with E-state index in [4.69, 9.17) is 20.9 Å². The van der Waals surface area contributed by atoms with Crippen LogP contribution in [0.3, 0.4) is 0 Å². The van der Waals surface area contributed by atoms with Crippen molar-refractivity contribution in [2.24, 2.45) is 5.92 Å². The Balaban J connectivity index is 1.58. The maximum Gasteiger partial charge on any atom is 0.309 e. The molecule has 0 unspecified atom stereocenters. The molecule has 0 aliphatic carbocycles. The smallest absolute Gasteiger partial charge is 0.309 e. The lowest BCUT2D eigenvalue weighted by Crippen LogP contribution is -2.40. The summed E-state index contributed by atoms with van der Waals surface area (Å²) in [7, 11) is -3.68. The number of hydrogen-bond acceptors (Lipinski definition) is 6. The molecule has 0 bridgehead atoms. The summed E-state index contributed by atoms with van der Waals surface area (Å²) in [6.45, 7) is 3.78. The number of carbonyl (C=O) groups is 1. The molecule has 0 spiro atoms. The highest BCUT2D eigenvalue weighted by Gasteiger charge is 2.35. The van der Waals surface area contributed by atoms with Crippen LogP contribution in [0, 0.1) is 19.8 Å². The second-order valence-corrected chi connectivity index (χ2v) is 8.81. The van der Waals surface area contributed by atoms with E-state index in [9.17, 15) is 13.2 Å². The molecule has 0 radical (unpaired) electrons. The summed E-state index contributed by atoms with van der Waals surface area (Å²) in [4.78, 5) is 12.4. The van der Waals surface area contributed by atoms with Crippen LogP contribution in [0.1, 0.15) is 29.9 Å². The summed E-state index contributed by atoms with van der Waals surface area (Å²) in [5.74, 6) is -0.387. The van der Waals surface area contributed by atoms with E-state index in [0.29, 0.717) is 23.6 Å². The van der Waals surface area contributed by atoms with Crippen molar-refractivity contribution >= 4 is 27.6 Å². The molecule has 0 N–H and O–H groups in total. The van der Waals surface area contributed by atoms with Gasteiger partial charge in [-0.3, -0.25) is 4.79 Å². The maximum atomic E-state index is 12.8. The fourth-order valence-corrected chi connectivity index (χ4v) is 5.14. The molecule has 7 nitrogen and oxygen atoms in total. The molecule has 1 aliphatic heterocycles. The highest BCUT2D eigenvalue weighted by atomic mass is 35.5. The van der Waals surface area contributed by atoms with Crippen molar-refractivity contribution in [1.82, 2.24) is 9.46 Å². The van der Waals surface area contributed by atoms with Crippen molar-refractivity contribution in [2.45, 2.75) is 38.2 Å². The maximum absolute atomic E-state index is 12.8. The Labute approximate surface area is 163 Å². The van der Waals surface area contributed by atoms with E-state index < -0.39 is 10.0 Å². The molecule has 1 saturated heterocycles. The minimum absolute atomic E-state index is 0.107. The number of ether oxygens (including phenoxy) is 1. The Morgan fingerprint density at radius 2 is 1.96 bits per heavy atom. The Hall–Kier alpha value is -1.90. The van der Waals surface area contributed by atoms with E-state index in [2.05, 4.69) is 5.16 Å². The van der Waals surface area contributed by atoms with Gasteiger partial charge < -0.3 is 9.26 Å². The van der Waals surface area contributed by atoms with Gasteiger partial charge in [-0.2, -0.15) is 4.31 Å². The van der Waals surface area contributed by atoms with Gasteiger partial charge in [0.15, 0.2) is 5.76 Å². The fourth-order valence-electron chi connectivity index (χ4n) is 3.19. The van der Waals surface area contributed by atoms with E-state index in [1.807, 2.05) is 12.1 Å². The molecule has 27 heavy (non-hydrogen) atoms. The van der Waals surface area contributed by atoms with Crippen LogP contribution in [0.15, 0.2) is 33.7 Å². The van der Waals surface area contributed by atoms with Gasteiger partial charge in [-0.05, 0) is 32.8 Å². The molecule has 146 valence electrons. The number of hydrogen-bond donors (Lipinski definition) is 0. The predicted molar refractivity (Wildman–Crippen MR) is 98.7 cm³/mol. The van der Waals surface area contributed by atoms with Crippen LogP contribution in [-0.4, -0.2) is 36.9 Å². The Bertz CT molecular complexity index is 913. The van der Waals surface area contributed by atoms with Crippen LogP contribution in [0.4, 0.5) is 0 Å². The molecule has 0 amide bonds. The zero-order valence-corrected chi connectivity index (χ0v) is 16.7. The number of carbonyl (C=O) groups excluding carboxylic acids is 1. The molecule has 1 aromatic heterocycles.